The van der Waals surface area contributed by atoms with Crippen molar-refractivity contribution in [1.82, 2.24) is 14.5 Å². The molecule has 2 aromatic rings. The van der Waals surface area contributed by atoms with Crippen LogP contribution in [0.25, 0.3) is 10.9 Å². The highest BCUT2D eigenvalue weighted by Gasteiger charge is 2.27. The van der Waals surface area contributed by atoms with Crippen molar-refractivity contribution < 1.29 is 9.53 Å². The lowest BCUT2D eigenvalue weighted by Crippen LogP contribution is -2.48. The fourth-order valence-corrected chi connectivity index (χ4v) is 3.10. The number of carbonyl (C=O) groups is 1. The fourth-order valence-electron chi connectivity index (χ4n) is 3.10. The maximum Gasteiger partial charge on any atom is 0.328 e. The summed E-state index contributed by atoms with van der Waals surface area (Å²) in [6.45, 7) is 5.66. The molecule has 1 aliphatic rings. The van der Waals surface area contributed by atoms with Gasteiger partial charge in [0.25, 0.3) is 11.5 Å². The monoisotopic (exact) mass is 331 g/mol. The molecule has 3 rings (SSSR count). The predicted molar refractivity (Wildman–Crippen MR) is 90.4 cm³/mol. The van der Waals surface area contributed by atoms with Crippen molar-refractivity contribution in [2.24, 2.45) is 0 Å². The lowest BCUT2D eigenvalue weighted by Gasteiger charge is -2.35. The zero-order valence-electron chi connectivity index (χ0n) is 13.9. The van der Waals surface area contributed by atoms with E-state index < -0.39 is 5.69 Å². The van der Waals surface area contributed by atoms with E-state index in [2.05, 4.69) is 4.98 Å². The van der Waals surface area contributed by atoms with E-state index in [-0.39, 0.29) is 17.5 Å². The minimum Gasteiger partial charge on any atom is -0.377 e. The van der Waals surface area contributed by atoms with Gasteiger partial charge in [-0.3, -0.25) is 14.2 Å². The number of benzene rings is 1. The molecule has 1 amide bonds. The fraction of sp³-hybridized carbons (Fsp3) is 0.471. The van der Waals surface area contributed by atoms with Crippen molar-refractivity contribution in [3.63, 3.8) is 0 Å². The van der Waals surface area contributed by atoms with Gasteiger partial charge in [-0.25, -0.2) is 4.79 Å². The molecule has 1 unspecified atom stereocenters. The van der Waals surface area contributed by atoms with Crippen LogP contribution in [-0.2, 0) is 11.3 Å². The summed E-state index contributed by atoms with van der Waals surface area (Å²) in [5, 5.41) is 0.405. The van der Waals surface area contributed by atoms with Gasteiger partial charge in [0.1, 0.15) is 0 Å². The lowest BCUT2D eigenvalue weighted by molar-refractivity contribution is -0.00279. The highest BCUT2D eigenvalue weighted by atomic mass is 16.5. The van der Waals surface area contributed by atoms with E-state index >= 15 is 0 Å². The normalized spacial score (nSPS) is 18.1. The van der Waals surface area contributed by atoms with E-state index in [0.717, 1.165) is 11.0 Å². The van der Waals surface area contributed by atoms with E-state index in [0.29, 0.717) is 42.8 Å². The topological polar surface area (TPSA) is 84.4 Å². The van der Waals surface area contributed by atoms with Gasteiger partial charge in [0, 0.05) is 18.7 Å². The summed E-state index contributed by atoms with van der Waals surface area (Å²) in [5.74, 6) is -0.104. The van der Waals surface area contributed by atoms with Crippen LogP contribution in [0.1, 0.15) is 30.6 Å². The Bertz CT molecular complexity index is 884. The number of rotatable bonds is 3. The summed E-state index contributed by atoms with van der Waals surface area (Å²) < 4.78 is 6.57. The maximum absolute atomic E-state index is 12.8. The molecule has 0 saturated carbocycles. The second kappa shape index (κ2) is 6.60. The summed E-state index contributed by atoms with van der Waals surface area (Å²) in [6, 6.07) is 4.89. The summed E-state index contributed by atoms with van der Waals surface area (Å²) in [6.07, 6.45) is 0.817. The van der Waals surface area contributed by atoms with Crippen molar-refractivity contribution in [3.8, 4) is 0 Å². The number of aromatic amines is 1. The number of amides is 1. The Morgan fingerprint density at radius 2 is 2.12 bits per heavy atom. The van der Waals surface area contributed by atoms with E-state index in [4.69, 9.17) is 4.74 Å². The van der Waals surface area contributed by atoms with E-state index in [9.17, 15) is 14.4 Å². The summed E-state index contributed by atoms with van der Waals surface area (Å²) in [7, 11) is 0. The van der Waals surface area contributed by atoms with Crippen molar-refractivity contribution in [2.75, 3.05) is 19.8 Å². The Kier molecular flexibility index (Phi) is 4.53. The van der Waals surface area contributed by atoms with Crippen LogP contribution in [0.3, 0.4) is 0 Å². The van der Waals surface area contributed by atoms with Crippen LogP contribution in [0, 0.1) is 0 Å². The smallest absolute Gasteiger partial charge is 0.328 e. The minimum absolute atomic E-state index is 0.0501. The number of aromatic nitrogens is 2. The Hall–Kier alpha value is -2.41. The molecule has 7 heteroatoms. The van der Waals surface area contributed by atoms with Crippen LogP contribution in [-0.4, -0.2) is 46.2 Å². The Morgan fingerprint density at radius 3 is 2.83 bits per heavy atom. The molecule has 0 radical (unpaired) electrons. The predicted octanol–water partition coefficient (Wildman–Crippen LogP) is 0.961. The molecule has 7 nitrogen and oxygen atoms in total. The summed E-state index contributed by atoms with van der Waals surface area (Å²) in [5.41, 5.74) is 0.0551. The molecule has 2 heterocycles. The SMILES string of the molecule is CCC1COCCN1C(=O)c1ccc2c(=O)n(CC)c(=O)[nH]c2c1. The third kappa shape index (κ3) is 2.75. The highest BCUT2D eigenvalue weighted by Crippen LogP contribution is 2.17. The number of H-pyrrole nitrogens is 1. The van der Waals surface area contributed by atoms with Gasteiger partial charge in [-0.15, -0.1) is 0 Å². The summed E-state index contributed by atoms with van der Waals surface area (Å²) in [4.78, 5) is 41.5. The Morgan fingerprint density at radius 1 is 1.33 bits per heavy atom. The largest absolute Gasteiger partial charge is 0.377 e. The number of carbonyl (C=O) groups excluding carboxylic acids is 1. The van der Waals surface area contributed by atoms with Crippen molar-refractivity contribution >= 4 is 16.8 Å². The molecule has 1 fully saturated rings. The maximum atomic E-state index is 12.8. The average molecular weight is 331 g/mol. The molecule has 0 spiro atoms. The quantitative estimate of drug-likeness (QED) is 0.908. The molecular formula is C17H21N3O4. The zero-order valence-corrected chi connectivity index (χ0v) is 13.9. The lowest BCUT2D eigenvalue weighted by atomic mass is 10.1. The molecule has 1 atom stereocenters. The van der Waals surface area contributed by atoms with Crippen LogP contribution >= 0.6 is 0 Å². The van der Waals surface area contributed by atoms with E-state index in [1.54, 1.807) is 30.0 Å². The number of nitrogens with one attached hydrogen (secondary N) is 1. The minimum atomic E-state index is -0.461. The molecule has 128 valence electrons. The molecule has 0 aliphatic carbocycles. The number of fused-ring (bicyclic) bond motifs is 1. The molecule has 1 saturated heterocycles. The first-order chi connectivity index (χ1) is 11.6. The molecule has 24 heavy (non-hydrogen) atoms. The Balaban J connectivity index is 2.03. The van der Waals surface area contributed by atoms with Crippen LogP contribution in [0.2, 0.25) is 0 Å². The number of hydrogen-bond acceptors (Lipinski definition) is 4. The van der Waals surface area contributed by atoms with Gasteiger partial charge in [-0.1, -0.05) is 6.92 Å². The van der Waals surface area contributed by atoms with Gasteiger partial charge in [0.15, 0.2) is 0 Å². The highest BCUT2D eigenvalue weighted by molar-refractivity contribution is 5.97. The van der Waals surface area contributed by atoms with Crippen LogP contribution in [0.5, 0.6) is 0 Å². The third-order valence-corrected chi connectivity index (χ3v) is 4.50. The first kappa shape index (κ1) is 16.4. The van der Waals surface area contributed by atoms with E-state index in [1.807, 2.05) is 6.92 Å². The molecule has 0 bridgehead atoms. The number of nitrogens with zero attached hydrogens (tertiary/aromatic N) is 2. The van der Waals surface area contributed by atoms with Crippen LogP contribution < -0.4 is 11.2 Å². The molecule has 1 aromatic heterocycles. The van der Waals surface area contributed by atoms with Gasteiger partial charge in [-0.05, 0) is 31.5 Å². The summed E-state index contributed by atoms with van der Waals surface area (Å²) >= 11 is 0. The molecule has 1 N–H and O–H groups in total. The van der Waals surface area contributed by atoms with Gasteiger partial charge in [0.2, 0.25) is 0 Å². The molecule has 1 aromatic carbocycles. The Labute approximate surface area is 138 Å². The van der Waals surface area contributed by atoms with Gasteiger partial charge >= 0.3 is 5.69 Å². The van der Waals surface area contributed by atoms with E-state index in [1.165, 1.54) is 0 Å². The number of ether oxygens (including phenoxy) is 1. The van der Waals surface area contributed by atoms with Gasteiger partial charge < -0.3 is 14.6 Å². The molecule has 1 aliphatic heterocycles. The van der Waals surface area contributed by atoms with Crippen molar-refractivity contribution in [2.45, 2.75) is 32.9 Å². The number of hydrogen-bond donors (Lipinski definition) is 1. The first-order valence-electron chi connectivity index (χ1n) is 8.22. The second-order valence-electron chi connectivity index (χ2n) is 5.88. The average Bonchev–Trinajstić information content (AvgIpc) is 2.61. The first-order valence-corrected chi connectivity index (χ1v) is 8.22. The second-order valence-corrected chi connectivity index (χ2v) is 5.88. The van der Waals surface area contributed by atoms with Crippen LogP contribution in [0.15, 0.2) is 27.8 Å². The molecular weight excluding hydrogens is 310 g/mol. The van der Waals surface area contributed by atoms with Gasteiger partial charge in [0.05, 0.1) is 30.2 Å². The number of morpholine rings is 1. The van der Waals surface area contributed by atoms with Crippen LogP contribution in [0.4, 0.5) is 0 Å². The standard InChI is InChI=1S/C17H21N3O4/c1-3-12-10-24-8-7-20(12)15(21)11-5-6-13-14(9-11)18-17(23)19(4-2)16(13)22/h5-6,9,12H,3-4,7-8,10H2,1-2H3,(H,18,23). The van der Waals surface area contributed by atoms with Gasteiger partial charge in [-0.2, -0.15) is 0 Å². The van der Waals surface area contributed by atoms with Crippen molar-refractivity contribution in [1.29, 1.82) is 0 Å². The van der Waals surface area contributed by atoms with Crippen molar-refractivity contribution in [3.05, 3.63) is 44.6 Å². The third-order valence-electron chi connectivity index (χ3n) is 4.50. The zero-order chi connectivity index (χ0) is 17.3.